The molecule has 0 radical (unpaired) electrons. The van der Waals surface area contributed by atoms with Crippen molar-refractivity contribution in [2.75, 3.05) is 11.0 Å². The van der Waals surface area contributed by atoms with E-state index in [-0.39, 0.29) is 16.3 Å². The van der Waals surface area contributed by atoms with Crippen molar-refractivity contribution in [3.8, 4) is 0 Å². The molecule has 5 nitrogen and oxygen atoms in total. The lowest BCUT2D eigenvalue weighted by atomic mass is 9.95. The van der Waals surface area contributed by atoms with Crippen LogP contribution in [0.5, 0.6) is 0 Å². The second-order valence-corrected chi connectivity index (χ2v) is 10.5. The highest BCUT2D eigenvalue weighted by Crippen LogP contribution is 2.31. The molecule has 26 heavy (non-hydrogen) atoms. The normalized spacial score (nSPS) is 12.2. The van der Waals surface area contributed by atoms with Gasteiger partial charge >= 0.3 is 0 Å². The van der Waals surface area contributed by atoms with Crippen LogP contribution < -0.4 is 4.72 Å². The molecular weight excluding hydrogens is 370 g/mol. The zero-order valence-electron chi connectivity index (χ0n) is 16.0. The van der Waals surface area contributed by atoms with E-state index in [1.807, 2.05) is 20.8 Å². The van der Waals surface area contributed by atoms with Crippen LogP contribution in [-0.4, -0.2) is 23.1 Å². The number of rotatable bonds is 5. The summed E-state index contributed by atoms with van der Waals surface area (Å²) in [7, 11) is -7.15. The van der Waals surface area contributed by atoms with Gasteiger partial charge in [-0.25, -0.2) is 16.8 Å². The molecule has 0 aliphatic rings. The first-order chi connectivity index (χ1) is 11.8. The first-order valence-corrected chi connectivity index (χ1v) is 11.7. The van der Waals surface area contributed by atoms with E-state index < -0.39 is 19.9 Å². The van der Waals surface area contributed by atoms with Crippen LogP contribution >= 0.6 is 0 Å². The molecule has 0 spiro atoms. The van der Waals surface area contributed by atoms with E-state index >= 15 is 0 Å². The Hall–Kier alpha value is -1.86. The van der Waals surface area contributed by atoms with Gasteiger partial charge < -0.3 is 0 Å². The monoisotopic (exact) mass is 395 g/mol. The van der Waals surface area contributed by atoms with Gasteiger partial charge in [0.05, 0.1) is 16.3 Å². The maximum Gasteiger partial charge on any atom is 0.262 e. The highest BCUT2D eigenvalue weighted by Gasteiger charge is 2.24. The van der Waals surface area contributed by atoms with E-state index in [0.29, 0.717) is 16.7 Å². The Morgan fingerprint density at radius 1 is 0.769 bits per heavy atom. The van der Waals surface area contributed by atoms with Gasteiger partial charge in [0.15, 0.2) is 9.84 Å². The first-order valence-electron chi connectivity index (χ1n) is 8.20. The summed E-state index contributed by atoms with van der Waals surface area (Å²) in [4.78, 5) is 0.257. The molecule has 142 valence electrons. The molecule has 0 amide bonds. The molecule has 0 unspecified atom stereocenters. The summed E-state index contributed by atoms with van der Waals surface area (Å²) in [6.45, 7) is 9.40. The van der Waals surface area contributed by atoms with Gasteiger partial charge in [-0.05, 0) is 74.1 Å². The Morgan fingerprint density at radius 3 is 1.73 bits per heavy atom. The fourth-order valence-corrected chi connectivity index (χ4v) is 5.61. The second-order valence-electron chi connectivity index (χ2n) is 6.79. The van der Waals surface area contributed by atoms with Crippen molar-refractivity contribution >= 4 is 25.5 Å². The van der Waals surface area contributed by atoms with Gasteiger partial charge in [-0.15, -0.1) is 0 Å². The molecule has 0 fully saturated rings. The van der Waals surface area contributed by atoms with Crippen LogP contribution in [0.1, 0.15) is 33.4 Å². The molecule has 0 saturated carbocycles. The third-order valence-electron chi connectivity index (χ3n) is 4.88. The highest BCUT2D eigenvalue weighted by atomic mass is 32.2. The van der Waals surface area contributed by atoms with E-state index in [2.05, 4.69) is 4.72 Å². The summed E-state index contributed by atoms with van der Waals surface area (Å²) >= 11 is 0. The molecule has 0 heterocycles. The van der Waals surface area contributed by atoms with Gasteiger partial charge in [-0.3, -0.25) is 4.72 Å². The van der Waals surface area contributed by atoms with Crippen molar-refractivity contribution in [3.63, 3.8) is 0 Å². The van der Waals surface area contributed by atoms with E-state index in [4.69, 9.17) is 0 Å². The predicted octanol–water partition coefficient (Wildman–Crippen LogP) is 3.57. The first kappa shape index (κ1) is 20.5. The van der Waals surface area contributed by atoms with Crippen LogP contribution in [-0.2, 0) is 25.6 Å². The average molecular weight is 396 g/mol. The van der Waals surface area contributed by atoms with Crippen molar-refractivity contribution in [3.05, 3.63) is 57.6 Å². The quantitative estimate of drug-likeness (QED) is 0.839. The summed E-state index contributed by atoms with van der Waals surface area (Å²) in [6, 6.07) is 6.56. The molecule has 0 aliphatic heterocycles. The number of anilines is 1. The molecular formula is C19H25NO4S2. The number of hydrogen-bond acceptors (Lipinski definition) is 4. The minimum absolute atomic E-state index is 0.227. The van der Waals surface area contributed by atoms with Crippen LogP contribution in [0.15, 0.2) is 29.2 Å². The summed E-state index contributed by atoms with van der Waals surface area (Å²) in [5, 5.41) is 0. The average Bonchev–Trinajstić information content (AvgIpc) is 2.51. The van der Waals surface area contributed by atoms with Crippen molar-refractivity contribution in [2.45, 2.75) is 45.3 Å². The Morgan fingerprint density at radius 2 is 1.23 bits per heavy atom. The molecule has 0 saturated heterocycles. The highest BCUT2D eigenvalue weighted by molar-refractivity contribution is 7.93. The number of hydrogen-bond donors (Lipinski definition) is 1. The maximum atomic E-state index is 13.1. The van der Waals surface area contributed by atoms with Gasteiger partial charge in [0.2, 0.25) is 0 Å². The van der Waals surface area contributed by atoms with Crippen LogP contribution in [0.25, 0.3) is 0 Å². The van der Waals surface area contributed by atoms with Gasteiger partial charge in [-0.1, -0.05) is 18.2 Å². The van der Waals surface area contributed by atoms with Crippen LogP contribution in [0.2, 0.25) is 0 Å². The Balaban J connectivity index is 2.60. The fourth-order valence-electron chi connectivity index (χ4n) is 3.09. The SMILES string of the molecule is Cc1c(C)c(C)c(S(=O)(=O)Nc2ccccc2CS(C)(=O)=O)c(C)c1C. The lowest BCUT2D eigenvalue weighted by Gasteiger charge is -2.20. The number of sulfone groups is 1. The molecule has 2 rings (SSSR count). The molecule has 7 heteroatoms. The summed E-state index contributed by atoms with van der Waals surface area (Å²) < 4.78 is 52.1. The van der Waals surface area contributed by atoms with E-state index in [0.717, 1.165) is 22.9 Å². The van der Waals surface area contributed by atoms with Gasteiger partial charge in [0.25, 0.3) is 10.0 Å². The lowest BCUT2D eigenvalue weighted by molar-refractivity contribution is 0.597. The minimum atomic E-state index is -3.86. The van der Waals surface area contributed by atoms with E-state index in [1.54, 1.807) is 38.1 Å². The van der Waals surface area contributed by atoms with Gasteiger partial charge in [0, 0.05) is 6.26 Å². The van der Waals surface area contributed by atoms with Crippen molar-refractivity contribution < 1.29 is 16.8 Å². The Bertz CT molecular complexity index is 1040. The van der Waals surface area contributed by atoms with Gasteiger partial charge in [-0.2, -0.15) is 0 Å². The molecule has 2 aromatic carbocycles. The number of para-hydroxylation sites is 1. The topological polar surface area (TPSA) is 80.3 Å². The minimum Gasteiger partial charge on any atom is -0.279 e. The molecule has 1 N–H and O–H groups in total. The number of benzene rings is 2. The van der Waals surface area contributed by atoms with Crippen LogP contribution in [0.4, 0.5) is 5.69 Å². The van der Waals surface area contributed by atoms with Crippen molar-refractivity contribution in [1.29, 1.82) is 0 Å². The van der Waals surface area contributed by atoms with Crippen LogP contribution in [0, 0.1) is 34.6 Å². The zero-order valence-corrected chi connectivity index (χ0v) is 17.6. The van der Waals surface area contributed by atoms with Crippen LogP contribution in [0.3, 0.4) is 0 Å². The summed E-state index contributed by atoms with van der Waals surface area (Å²) in [6.07, 6.45) is 1.12. The van der Waals surface area contributed by atoms with E-state index in [1.165, 1.54) is 0 Å². The zero-order chi connectivity index (χ0) is 19.9. The third kappa shape index (κ3) is 4.10. The summed E-state index contributed by atoms with van der Waals surface area (Å²) in [5.41, 5.74) is 5.09. The Labute approximate surface area is 156 Å². The second kappa shape index (κ2) is 7.04. The molecule has 0 bridgehead atoms. The summed E-state index contributed by atoms with van der Waals surface area (Å²) in [5.74, 6) is -0.227. The largest absolute Gasteiger partial charge is 0.279 e. The third-order valence-corrected chi connectivity index (χ3v) is 7.35. The van der Waals surface area contributed by atoms with Crippen molar-refractivity contribution in [2.24, 2.45) is 0 Å². The Kier molecular flexibility index (Phi) is 5.54. The van der Waals surface area contributed by atoms with E-state index in [9.17, 15) is 16.8 Å². The van der Waals surface area contributed by atoms with Crippen molar-refractivity contribution in [1.82, 2.24) is 0 Å². The molecule has 0 aliphatic carbocycles. The number of nitrogens with one attached hydrogen (secondary N) is 1. The maximum absolute atomic E-state index is 13.1. The standard InChI is InChI=1S/C19H25NO4S2/c1-12-13(2)15(4)19(16(5)14(12)3)26(23,24)20-18-10-8-7-9-17(18)11-25(6,21)22/h7-10,20H,11H2,1-6H3. The molecule has 0 atom stereocenters. The lowest BCUT2D eigenvalue weighted by Crippen LogP contribution is -2.19. The molecule has 2 aromatic rings. The van der Waals surface area contributed by atoms with Gasteiger partial charge in [0.1, 0.15) is 0 Å². The number of sulfonamides is 1. The predicted molar refractivity (Wildman–Crippen MR) is 106 cm³/mol. The fraction of sp³-hybridized carbons (Fsp3) is 0.368. The smallest absolute Gasteiger partial charge is 0.262 e. The molecule has 0 aromatic heterocycles.